The summed E-state index contributed by atoms with van der Waals surface area (Å²) in [7, 11) is 0. The largest absolute Gasteiger partial charge is 0.333 e. The minimum Gasteiger partial charge on any atom is -0.333 e. The number of hydrogen-bond acceptors (Lipinski definition) is 5. The molecule has 106 valence electrons. The van der Waals surface area contributed by atoms with Crippen molar-refractivity contribution < 1.29 is 4.52 Å². The van der Waals surface area contributed by atoms with Crippen LogP contribution in [0.3, 0.4) is 0 Å². The van der Waals surface area contributed by atoms with E-state index in [9.17, 15) is 0 Å². The smallest absolute Gasteiger partial charge is 0.259 e. The Kier molecular flexibility index (Phi) is 2.89. The molecule has 3 heterocycles. The monoisotopic (exact) mass is 288 g/mol. The van der Waals surface area contributed by atoms with Crippen molar-refractivity contribution in [2.75, 3.05) is 0 Å². The van der Waals surface area contributed by atoms with Crippen LogP contribution in [-0.4, -0.2) is 20.1 Å². The molecule has 0 aliphatic heterocycles. The summed E-state index contributed by atoms with van der Waals surface area (Å²) in [4.78, 5) is 13.0. The predicted molar refractivity (Wildman–Crippen MR) is 83.0 cm³/mol. The van der Waals surface area contributed by atoms with E-state index in [1.54, 1.807) is 12.4 Å². The predicted octanol–water partition coefficient (Wildman–Crippen LogP) is 3.66. The Balaban J connectivity index is 1.76. The van der Waals surface area contributed by atoms with E-state index in [-0.39, 0.29) is 0 Å². The van der Waals surface area contributed by atoms with Gasteiger partial charge in [-0.15, -0.1) is 0 Å². The number of aromatic nitrogens is 4. The molecule has 3 aromatic heterocycles. The maximum atomic E-state index is 5.30. The molecule has 4 rings (SSSR count). The van der Waals surface area contributed by atoms with Crippen LogP contribution in [0.25, 0.3) is 33.9 Å². The highest BCUT2D eigenvalue weighted by Crippen LogP contribution is 2.22. The standard InChI is InChI=1S/C17H12N4O/c1-11-4-6-14-12(9-11)5-7-15(19-14)16-20-17(22-21-16)13-3-2-8-18-10-13/h2-10H,1H3. The Labute approximate surface area is 126 Å². The van der Waals surface area contributed by atoms with E-state index in [1.165, 1.54) is 5.56 Å². The van der Waals surface area contributed by atoms with Gasteiger partial charge in [0.25, 0.3) is 5.89 Å². The van der Waals surface area contributed by atoms with Gasteiger partial charge in [0.15, 0.2) is 0 Å². The molecular weight excluding hydrogens is 276 g/mol. The van der Waals surface area contributed by atoms with Crippen LogP contribution in [-0.2, 0) is 0 Å². The van der Waals surface area contributed by atoms with Crippen molar-refractivity contribution in [2.24, 2.45) is 0 Å². The number of hydrogen-bond donors (Lipinski definition) is 0. The molecule has 5 nitrogen and oxygen atoms in total. The highest BCUT2D eigenvalue weighted by molar-refractivity contribution is 5.81. The van der Waals surface area contributed by atoms with Crippen molar-refractivity contribution in [3.05, 3.63) is 60.4 Å². The van der Waals surface area contributed by atoms with Crippen LogP contribution < -0.4 is 0 Å². The Bertz CT molecular complexity index is 947. The van der Waals surface area contributed by atoms with Crippen molar-refractivity contribution in [3.8, 4) is 23.0 Å². The quantitative estimate of drug-likeness (QED) is 0.563. The summed E-state index contributed by atoms with van der Waals surface area (Å²) in [5, 5.41) is 5.11. The molecule has 0 saturated carbocycles. The zero-order valence-electron chi connectivity index (χ0n) is 11.9. The minimum atomic E-state index is 0.439. The Morgan fingerprint density at radius 1 is 1.00 bits per heavy atom. The van der Waals surface area contributed by atoms with Crippen LogP contribution in [0.4, 0.5) is 0 Å². The van der Waals surface area contributed by atoms with Crippen LogP contribution in [0.15, 0.2) is 59.4 Å². The van der Waals surface area contributed by atoms with Gasteiger partial charge in [-0.1, -0.05) is 22.9 Å². The summed E-state index contributed by atoms with van der Waals surface area (Å²) < 4.78 is 5.30. The highest BCUT2D eigenvalue weighted by atomic mass is 16.5. The maximum absolute atomic E-state index is 5.30. The van der Waals surface area contributed by atoms with Crippen LogP contribution in [0.5, 0.6) is 0 Å². The summed E-state index contributed by atoms with van der Waals surface area (Å²) in [5.74, 6) is 0.912. The first-order valence-corrected chi connectivity index (χ1v) is 6.91. The minimum absolute atomic E-state index is 0.439. The highest BCUT2D eigenvalue weighted by Gasteiger charge is 2.12. The first-order valence-electron chi connectivity index (χ1n) is 6.91. The van der Waals surface area contributed by atoms with Gasteiger partial charge in [0.2, 0.25) is 5.82 Å². The third-order valence-corrected chi connectivity index (χ3v) is 3.41. The van der Waals surface area contributed by atoms with Crippen LogP contribution in [0.1, 0.15) is 5.56 Å². The SMILES string of the molecule is Cc1ccc2nc(-c3noc(-c4cccnc4)n3)ccc2c1. The average molecular weight is 288 g/mol. The molecule has 0 spiro atoms. The summed E-state index contributed by atoms with van der Waals surface area (Å²) in [6.07, 6.45) is 3.39. The van der Waals surface area contributed by atoms with E-state index < -0.39 is 0 Å². The van der Waals surface area contributed by atoms with E-state index in [4.69, 9.17) is 4.52 Å². The van der Waals surface area contributed by atoms with Gasteiger partial charge < -0.3 is 4.52 Å². The van der Waals surface area contributed by atoms with Gasteiger partial charge in [0.1, 0.15) is 5.69 Å². The average Bonchev–Trinajstić information content (AvgIpc) is 3.05. The lowest BCUT2D eigenvalue weighted by Crippen LogP contribution is -1.88. The third kappa shape index (κ3) is 2.22. The lowest BCUT2D eigenvalue weighted by molar-refractivity contribution is 0.432. The molecule has 0 radical (unpaired) electrons. The molecule has 0 atom stereocenters. The first kappa shape index (κ1) is 12.6. The van der Waals surface area contributed by atoms with Gasteiger partial charge in [0.05, 0.1) is 11.1 Å². The Hall–Kier alpha value is -3.08. The number of nitrogens with zero attached hydrogens (tertiary/aromatic N) is 4. The van der Waals surface area contributed by atoms with Crippen LogP contribution >= 0.6 is 0 Å². The lowest BCUT2D eigenvalue weighted by atomic mass is 10.1. The molecule has 0 fully saturated rings. The van der Waals surface area contributed by atoms with Gasteiger partial charge in [-0.25, -0.2) is 4.98 Å². The fraction of sp³-hybridized carbons (Fsp3) is 0.0588. The van der Waals surface area contributed by atoms with E-state index in [0.29, 0.717) is 17.4 Å². The zero-order valence-corrected chi connectivity index (χ0v) is 11.9. The van der Waals surface area contributed by atoms with Gasteiger partial charge in [0, 0.05) is 17.8 Å². The molecule has 0 N–H and O–H groups in total. The van der Waals surface area contributed by atoms with Crippen molar-refractivity contribution in [1.82, 2.24) is 20.1 Å². The number of aryl methyl sites for hydroxylation is 1. The summed E-state index contributed by atoms with van der Waals surface area (Å²) in [6, 6.07) is 13.8. The molecule has 22 heavy (non-hydrogen) atoms. The fourth-order valence-corrected chi connectivity index (χ4v) is 2.30. The molecule has 0 bridgehead atoms. The van der Waals surface area contributed by atoms with E-state index in [0.717, 1.165) is 16.5 Å². The van der Waals surface area contributed by atoms with Gasteiger partial charge in [-0.05, 0) is 37.3 Å². The molecule has 0 aliphatic rings. The summed E-state index contributed by atoms with van der Waals surface area (Å²) >= 11 is 0. The van der Waals surface area contributed by atoms with Crippen molar-refractivity contribution in [2.45, 2.75) is 6.92 Å². The van der Waals surface area contributed by atoms with E-state index in [1.807, 2.05) is 36.4 Å². The van der Waals surface area contributed by atoms with E-state index in [2.05, 4.69) is 33.1 Å². The van der Waals surface area contributed by atoms with Crippen molar-refractivity contribution in [1.29, 1.82) is 0 Å². The maximum Gasteiger partial charge on any atom is 0.259 e. The van der Waals surface area contributed by atoms with Crippen molar-refractivity contribution >= 4 is 10.9 Å². The first-order chi connectivity index (χ1) is 10.8. The molecule has 0 saturated heterocycles. The second kappa shape index (κ2) is 5.04. The third-order valence-electron chi connectivity index (χ3n) is 3.41. The normalized spacial score (nSPS) is 11.0. The number of pyridine rings is 2. The number of fused-ring (bicyclic) bond motifs is 1. The second-order valence-corrected chi connectivity index (χ2v) is 5.06. The fourth-order valence-electron chi connectivity index (χ4n) is 2.30. The molecule has 4 aromatic rings. The van der Waals surface area contributed by atoms with E-state index >= 15 is 0 Å². The molecule has 0 unspecified atom stereocenters. The van der Waals surface area contributed by atoms with Gasteiger partial charge >= 0.3 is 0 Å². The summed E-state index contributed by atoms with van der Waals surface area (Å²) in [6.45, 7) is 2.06. The second-order valence-electron chi connectivity index (χ2n) is 5.06. The zero-order chi connectivity index (χ0) is 14.9. The van der Waals surface area contributed by atoms with Crippen LogP contribution in [0.2, 0.25) is 0 Å². The molecule has 5 heteroatoms. The molecule has 0 aliphatic carbocycles. The van der Waals surface area contributed by atoms with Crippen LogP contribution in [0, 0.1) is 6.92 Å². The molecule has 0 amide bonds. The van der Waals surface area contributed by atoms with Gasteiger partial charge in [-0.2, -0.15) is 4.98 Å². The number of rotatable bonds is 2. The lowest BCUT2D eigenvalue weighted by Gasteiger charge is -2.00. The Morgan fingerprint density at radius 3 is 2.82 bits per heavy atom. The molecule has 1 aromatic carbocycles. The van der Waals surface area contributed by atoms with Gasteiger partial charge in [-0.3, -0.25) is 4.98 Å². The topological polar surface area (TPSA) is 64.7 Å². The van der Waals surface area contributed by atoms with Crippen molar-refractivity contribution in [3.63, 3.8) is 0 Å². The number of benzene rings is 1. The Morgan fingerprint density at radius 2 is 1.95 bits per heavy atom. The summed E-state index contributed by atoms with van der Waals surface area (Å²) in [5.41, 5.74) is 3.60. The molecular formula is C17H12N4O.